The van der Waals surface area contributed by atoms with E-state index < -0.39 is 10.0 Å². The van der Waals surface area contributed by atoms with Crippen molar-refractivity contribution in [1.82, 2.24) is 4.72 Å². The van der Waals surface area contributed by atoms with Crippen LogP contribution in [0.15, 0.2) is 23.1 Å². The summed E-state index contributed by atoms with van der Waals surface area (Å²) in [6.07, 6.45) is 2.18. The van der Waals surface area contributed by atoms with Gasteiger partial charge in [0.2, 0.25) is 10.0 Å². The predicted octanol–water partition coefficient (Wildman–Crippen LogP) is 1.52. The number of benzene rings is 1. The largest absolute Gasteiger partial charge is 0.392 e. The van der Waals surface area contributed by atoms with Gasteiger partial charge in [-0.1, -0.05) is 17.7 Å². The average molecular weight is 276 g/mol. The molecule has 1 aliphatic carbocycles. The number of rotatable bonds is 5. The third kappa shape index (κ3) is 3.19. The fourth-order valence-electron chi connectivity index (χ4n) is 1.46. The maximum Gasteiger partial charge on any atom is 0.240 e. The van der Waals surface area contributed by atoms with E-state index in [1.54, 1.807) is 0 Å². The lowest BCUT2D eigenvalue weighted by Crippen LogP contribution is -2.25. The van der Waals surface area contributed by atoms with E-state index in [0.717, 1.165) is 12.8 Å². The zero-order chi connectivity index (χ0) is 12.5. The van der Waals surface area contributed by atoms with Crippen molar-refractivity contribution >= 4 is 21.6 Å². The second-order valence-electron chi connectivity index (χ2n) is 4.21. The van der Waals surface area contributed by atoms with Crippen molar-refractivity contribution in [3.8, 4) is 0 Å². The summed E-state index contributed by atoms with van der Waals surface area (Å²) in [5.74, 6) is 0.483. The molecule has 0 saturated heterocycles. The molecule has 0 atom stereocenters. The summed E-state index contributed by atoms with van der Waals surface area (Å²) in [5.41, 5.74) is 0.521. The molecule has 1 saturated carbocycles. The van der Waals surface area contributed by atoms with Gasteiger partial charge in [-0.3, -0.25) is 0 Å². The monoisotopic (exact) mass is 275 g/mol. The summed E-state index contributed by atoms with van der Waals surface area (Å²) >= 11 is 5.86. The Bertz CT molecular complexity index is 511. The Labute approximate surface area is 106 Å². The predicted molar refractivity (Wildman–Crippen MR) is 65.3 cm³/mol. The molecule has 1 aromatic rings. The number of hydrogen-bond acceptors (Lipinski definition) is 3. The standard InChI is InChI=1S/C11H14ClNO3S/c12-11-5-10(4-3-9(11)7-14)17(15,16)13-6-8-1-2-8/h3-5,8,13-14H,1-2,6-7H2. The zero-order valence-electron chi connectivity index (χ0n) is 9.19. The van der Waals surface area contributed by atoms with Gasteiger partial charge in [-0.25, -0.2) is 13.1 Å². The van der Waals surface area contributed by atoms with Crippen molar-refractivity contribution < 1.29 is 13.5 Å². The fraction of sp³-hybridized carbons (Fsp3) is 0.455. The van der Waals surface area contributed by atoms with E-state index in [9.17, 15) is 8.42 Å². The number of sulfonamides is 1. The SMILES string of the molecule is O=S(=O)(NCC1CC1)c1ccc(CO)c(Cl)c1. The molecule has 0 aliphatic heterocycles. The minimum atomic E-state index is -3.48. The molecular formula is C11H14ClNO3S. The highest BCUT2D eigenvalue weighted by Gasteiger charge is 2.24. The molecule has 0 amide bonds. The first kappa shape index (κ1) is 12.8. The lowest BCUT2D eigenvalue weighted by atomic mass is 10.2. The first-order valence-electron chi connectivity index (χ1n) is 5.42. The molecule has 1 aliphatic rings. The molecule has 1 fully saturated rings. The second kappa shape index (κ2) is 4.94. The Morgan fingerprint density at radius 2 is 2.12 bits per heavy atom. The molecule has 0 heterocycles. The Morgan fingerprint density at radius 1 is 1.41 bits per heavy atom. The quantitative estimate of drug-likeness (QED) is 0.856. The van der Waals surface area contributed by atoms with Crippen molar-refractivity contribution in [2.75, 3.05) is 6.54 Å². The van der Waals surface area contributed by atoms with Crippen LogP contribution in [-0.4, -0.2) is 20.1 Å². The number of nitrogens with one attached hydrogen (secondary N) is 1. The normalized spacial score (nSPS) is 16.1. The summed E-state index contributed by atoms with van der Waals surface area (Å²) in [7, 11) is -3.48. The Morgan fingerprint density at radius 3 is 2.65 bits per heavy atom. The van der Waals surface area contributed by atoms with E-state index in [0.29, 0.717) is 18.0 Å². The third-order valence-electron chi connectivity index (χ3n) is 2.76. The Hall–Kier alpha value is -0.620. The average Bonchev–Trinajstić information content (AvgIpc) is 3.10. The van der Waals surface area contributed by atoms with Gasteiger partial charge >= 0.3 is 0 Å². The molecule has 2 rings (SSSR count). The third-order valence-corrected chi connectivity index (χ3v) is 4.54. The molecule has 0 aromatic heterocycles. The molecule has 17 heavy (non-hydrogen) atoms. The second-order valence-corrected chi connectivity index (χ2v) is 6.38. The van der Waals surface area contributed by atoms with E-state index in [1.165, 1.54) is 18.2 Å². The summed E-state index contributed by atoms with van der Waals surface area (Å²) in [4.78, 5) is 0.139. The molecule has 2 N–H and O–H groups in total. The van der Waals surface area contributed by atoms with Crippen LogP contribution in [0.1, 0.15) is 18.4 Å². The maximum absolute atomic E-state index is 11.9. The van der Waals surface area contributed by atoms with Crippen molar-refractivity contribution in [2.24, 2.45) is 5.92 Å². The minimum Gasteiger partial charge on any atom is -0.392 e. The molecular weight excluding hydrogens is 262 g/mol. The Kier molecular flexibility index (Phi) is 3.73. The fourth-order valence-corrected chi connectivity index (χ4v) is 2.90. The van der Waals surface area contributed by atoms with E-state index in [-0.39, 0.29) is 16.5 Å². The van der Waals surface area contributed by atoms with Crippen LogP contribution >= 0.6 is 11.6 Å². The molecule has 0 unspecified atom stereocenters. The van der Waals surface area contributed by atoms with Gasteiger partial charge in [0.25, 0.3) is 0 Å². The van der Waals surface area contributed by atoms with Gasteiger partial charge in [0.1, 0.15) is 0 Å². The molecule has 0 bridgehead atoms. The topological polar surface area (TPSA) is 66.4 Å². The molecule has 94 valence electrons. The highest BCUT2D eigenvalue weighted by Crippen LogP contribution is 2.28. The first-order valence-corrected chi connectivity index (χ1v) is 7.28. The number of aliphatic hydroxyl groups excluding tert-OH is 1. The zero-order valence-corrected chi connectivity index (χ0v) is 10.8. The summed E-state index contributed by atoms with van der Waals surface area (Å²) in [5, 5.41) is 9.21. The summed E-state index contributed by atoms with van der Waals surface area (Å²) in [6.45, 7) is 0.288. The summed E-state index contributed by atoms with van der Waals surface area (Å²) < 4.78 is 26.3. The van der Waals surface area contributed by atoms with E-state index >= 15 is 0 Å². The van der Waals surface area contributed by atoms with Crippen molar-refractivity contribution in [1.29, 1.82) is 0 Å². The van der Waals surface area contributed by atoms with Crippen LogP contribution in [-0.2, 0) is 16.6 Å². The lowest BCUT2D eigenvalue weighted by molar-refractivity contribution is 0.282. The van der Waals surface area contributed by atoms with Gasteiger partial charge in [-0.2, -0.15) is 0 Å². The summed E-state index contributed by atoms with van der Waals surface area (Å²) in [6, 6.07) is 4.34. The Balaban J connectivity index is 2.16. The van der Waals surface area contributed by atoms with Gasteiger partial charge in [0.15, 0.2) is 0 Å². The molecule has 0 spiro atoms. The van der Waals surface area contributed by atoms with Gasteiger partial charge in [0, 0.05) is 11.6 Å². The highest BCUT2D eigenvalue weighted by molar-refractivity contribution is 7.89. The van der Waals surface area contributed by atoms with Crippen LogP contribution in [0.5, 0.6) is 0 Å². The van der Waals surface area contributed by atoms with Crippen LogP contribution in [0, 0.1) is 5.92 Å². The van der Waals surface area contributed by atoms with E-state index in [4.69, 9.17) is 16.7 Å². The lowest BCUT2D eigenvalue weighted by Gasteiger charge is -2.07. The number of hydrogen-bond donors (Lipinski definition) is 2. The van der Waals surface area contributed by atoms with Crippen LogP contribution in [0.4, 0.5) is 0 Å². The molecule has 0 radical (unpaired) electrons. The van der Waals surface area contributed by atoms with Crippen LogP contribution in [0.25, 0.3) is 0 Å². The maximum atomic E-state index is 11.9. The first-order chi connectivity index (χ1) is 8.03. The van der Waals surface area contributed by atoms with Crippen molar-refractivity contribution in [3.05, 3.63) is 28.8 Å². The minimum absolute atomic E-state index is 0.139. The van der Waals surface area contributed by atoms with Gasteiger partial charge in [0.05, 0.1) is 11.5 Å². The smallest absolute Gasteiger partial charge is 0.240 e. The number of aliphatic hydroxyl groups is 1. The van der Waals surface area contributed by atoms with Crippen molar-refractivity contribution in [2.45, 2.75) is 24.3 Å². The highest BCUT2D eigenvalue weighted by atomic mass is 35.5. The van der Waals surface area contributed by atoms with E-state index in [1.807, 2.05) is 0 Å². The molecule has 1 aromatic carbocycles. The van der Waals surface area contributed by atoms with Gasteiger partial charge in [-0.05, 0) is 36.5 Å². The molecule has 6 heteroatoms. The van der Waals surface area contributed by atoms with Crippen LogP contribution < -0.4 is 4.72 Å². The van der Waals surface area contributed by atoms with E-state index in [2.05, 4.69) is 4.72 Å². The number of halogens is 1. The molecule has 4 nitrogen and oxygen atoms in total. The van der Waals surface area contributed by atoms with Crippen LogP contribution in [0.3, 0.4) is 0 Å². The van der Waals surface area contributed by atoms with Crippen LogP contribution in [0.2, 0.25) is 5.02 Å². The van der Waals surface area contributed by atoms with Gasteiger partial charge in [-0.15, -0.1) is 0 Å². The van der Waals surface area contributed by atoms with Crippen molar-refractivity contribution in [3.63, 3.8) is 0 Å². The van der Waals surface area contributed by atoms with Gasteiger partial charge < -0.3 is 5.11 Å².